The van der Waals surface area contributed by atoms with Crippen molar-refractivity contribution >= 4 is 11.0 Å². The first-order valence-corrected chi connectivity index (χ1v) is 11.3. The first-order valence-electron chi connectivity index (χ1n) is 11.3. The molecule has 0 radical (unpaired) electrons. The van der Waals surface area contributed by atoms with Crippen molar-refractivity contribution in [1.29, 1.82) is 0 Å². The van der Waals surface area contributed by atoms with Crippen LogP contribution in [-0.2, 0) is 0 Å². The van der Waals surface area contributed by atoms with Gasteiger partial charge in [0.05, 0.1) is 22.4 Å². The smallest absolute Gasteiger partial charge is 0.0973 e. The molecule has 0 aliphatic rings. The molecule has 0 amide bonds. The summed E-state index contributed by atoms with van der Waals surface area (Å²) in [6.07, 6.45) is 3.63. The monoisotopic (exact) mass is 435 g/mol. The quantitative estimate of drug-likeness (QED) is 0.285. The summed E-state index contributed by atoms with van der Waals surface area (Å²) in [6.45, 7) is 0. The Labute approximate surface area is 198 Å². The third-order valence-electron chi connectivity index (χ3n) is 5.99. The van der Waals surface area contributed by atoms with E-state index in [1.165, 1.54) is 5.56 Å². The van der Waals surface area contributed by atoms with E-state index in [1.54, 1.807) is 0 Å². The topological polar surface area (TPSA) is 38.7 Å². The van der Waals surface area contributed by atoms with Gasteiger partial charge in [-0.1, -0.05) is 84.9 Å². The third-order valence-corrected chi connectivity index (χ3v) is 5.99. The van der Waals surface area contributed by atoms with Gasteiger partial charge < -0.3 is 0 Å². The predicted molar refractivity (Wildman–Crippen MR) is 139 cm³/mol. The molecule has 2 heterocycles. The molecular formula is C31H21N3. The number of pyridine rings is 1. The molecular weight excluding hydrogens is 414 g/mol. The van der Waals surface area contributed by atoms with Gasteiger partial charge in [0.1, 0.15) is 0 Å². The fraction of sp³-hybridized carbons (Fsp3) is 0. The molecule has 0 aliphatic carbocycles. The zero-order valence-electron chi connectivity index (χ0n) is 18.5. The Balaban J connectivity index is 1.50. The van der Waals surface area contributed by atoms with Crippen molar-refractivity contribution in [3.8, 4) is 44.8 Å². The maximum Gasteiger partial charge on any atom is 0.0973 e. The lowest BCUT2D eigenvalue weighted by Gasteiger charge is -2.12. The summed E-state index contributed by atoms with van der Waals surface area (Å²) in [6, 6.07) is 39.5. The highest BCUT2D eigenvalue weighted by atomic mass is 14.8. The molecule has 0 aliphatic heterocycles. The lowest BCUT2D eigenvalue weighted by molar-refractivity contribution is 1.29. The van der Waals surface area contributed by atoms with E-state index < -0.39 is 0 Å². The van der Waals surface area contributed by atoms with Crippen LogP contribution in [0, 0.1) is 0 Å². The number of rotatable bonds is 4. The van der Waals surface area contributed by atoms with E-state index in [1.807, 2.05) is 54.9 Å². The van der Waals surface area contributed by atoms with Gasteiger partial charge in [0.25, 0.3) is 0 Å². The molecule has 0 bridgehead atoms. The van der Waals surface area contributed by atoms with Crippen molar-refractivity contribution in [2.75, 3.05) is 0 Å². The highest BCUT2D eigenvalue weighted by Crippen LogP contribution is 2.34. The summed E-state index contributed by atoms with van der Waals surface area (Å²) in [5.74, 6) is 0. The van der Waals surface area contributed by atoms with E-state index in [4.69, 9.17) is 9.97 Å². The number of hydrogen-bond acceptors (Lipinski definition) is 3. The SMILES string of the molecule is c1ccc(-c2cccc(-c3nc4ccccc4nc3-c3ccc(-c4ccncc4)cc3)c2)cc1. The van der Waals surface area contributed by atoms with E-state index in [-0.39, 0.29) is 0 Å². The number of hydrogen-bond donors (Lipinski definition) is 0. The van der Waals surface area contributed by atoms with Gasteiger partial charge in [-0.2, -0.15) is 0 Å². The molecule has 0 N–H and O–H groups in total. The second-order valence-electron chi connectivity index (χ2n) is 8.17. The van der Waals surface area contributed by atoms with Gasteiger partial charge >= 0.3 is 0 Å². The highest BCUT2D eigenvalue weighted by Gasteiger charge is 2.14. The van der Waals surface area contributed by atoms with Gasteiger partial charge in [0.15, 0.2) is 0 Å². The van der Waals surface area contributed by atoms with Gasteiger partial charge in [-0.25, -0.2) is 9.97 Å². The van der Waals surface area contributed by atoms with Crippen LogP contribution in [0.3, 0.4) is 0 Å². The van der Waals surface area contributed by atoms with E-state index in [0.717, 1.165) is 50.2 Å². The third kappa shape index (κ3) is 3.84. The summed E-state index contributed by atoms with van der Waals surface area (Å²) in [5, 5.41) is 0. The summed E-state index contributed by atoms with van der Waals surface area (Å²) in [5.41, 5.74) is 10.3. The van der Waals surface area contributed by atoms with Gasteiger partial charge in [-0.05, 0) is 52.6 Å². The minimum absolute atomic E-state index is 0.880. The maximum absolute atomic E-state index is 5.07. The van der Waals surface area contributed by atoms with E-state index in [9.17, 15) is 0 Å². The van der Waals surface area contributed by atoms with Crippen LogP contribution in [-0.4, -0.2) is 15.0 Å². The van der Waals surface area contributed by atoms with Crippen LogP contribution in [0.15, 0.2) is 128 Å². The molecule has 3 nitrogen and oxygen atoms in total. The summed E-state index contributed by atoms with van der Waals surface area (Å²) in [7, 11) is 0. The lowest BCUT2D eigenvalue weighted by atomic mass is 9.98. The molecule has 2 aromatic heterocycles. The van der Waals surface area contributed by atoms with Crippen molar-refractivity contribution in [2.45, 2.75) is 0 Å². The van der Waals surface area contributed by atoms with Crippen LogP contribution in [0.1, 0.15) is 0 Å². The summed E-state index contributed by atoms with van der Waals surface area (Å²) in [4.78, 5) is 14.2. The predicted octanol–water partition coefficient (Wildman–Crippen LogP) is 7.69. The van der Waals surface area contributed by atoms with Gasteiger partial charge in [-0.3, -0.25) is 4.98 Å². The Bertz CT molecular complexity index is 1570. The van der Waals surface area contributed by atoms with Crippen molar-refractivity contribution in [3.63, 3.8) is 0 Å². The van der Waals surface area contributed by atoms with Crippen LogP contribution >= 0.6 is 0 Å². The van der Waals surface area contributed by atoms with Crippen LogP contribution in [0.2, 0.25) is 0 Å². The van der Waals surface area contributed by atoms with E-state index in [0.29, 0.717) is 0 Å². The lowest BCUT2D eigenvalue weighted by Crippen LogP contribution is -1.96. The molecule has 160 valence electrons. The largest absolute Gasteiger partial charge is 0.265 e. The van der Waals surface area contributed by atoms with Crippen LogP contribution in [0.25, 0.3) is 55.8 Å². The summed E-state index contributed by atoms with van der Waals surface area (Å²) >= 11 is 0. The zero-order chi connectivity index (χ0) is 22.7. The minimum Gasteiger partial charge on any atom is -0.265 e. The Kier molecular flexibility index (Phi) is 5.13. The van der Waals surface area contributed by atoms with Crippen LogP contribution in [0.5, 0.6) is 0 Å². The number of fused-ring (bicyclic) bond motifs is 1. The van der Waals surface area contributed by atoms with Crippen molar-refractivity contribution in [3.05, 3.63) is 128 Å². The average molecular weight is 436 g/mol. The molecule has 6 rings (SSSR count). The fourth-order valence-corrected chi connectivity index (χ4v) is 4.24. The van der Waals surface area contributed by atoms with Gasteiger partial charge in [0, 0.05) is 23.5 Å². The first-order chi connectivity index (χ1) is 16.8. The standard InChI is InChI=1S/C31H21N3/c1-2-7-22(8-3-1)26-9-6-10-27(21-26)31-30(33-28-11-4-5-12-29(28)34-31)25-15-13-23(14-16-25)24-17-19-32-20-18-24/h1-21H. The van der Waals surface area contributed by atoms with E-state index in [2.05, 4.69) is 77.8 Å². The molecule has 4 aromatic carbocycles. The number of nitrogens with zero attached hydrogens (tertiary/aromatic N) is 3. The van der Waals surface area contributed by atoms with Crippen LogP contribution in [0.4, 0.5) is 0 Å². The molecule has 0 saturated carbocycles. The molecule has 0 saturated heterocycles. The number of para-hydroxylation sites is 2. The van der Waals surface area contributed by atoms with Crippen molar-refractivity contribution < 1.29 is 0 Å². The first kappa shape index (κ1) is 20.0. The maximum atomic E-state index is 5.07. The second-order valence-corrected chi connectivity index (χ2v) is 8.17. The van der Waals surface area contributed by atoms with Gasteiger partial charge in [-0.15, -0.1) is 0 Å². The summed E-state index contributed by atoms with van der Waals surface area (Å²) < 4.78 is 0. The molecule has 6 aromatic rings. The molecule has 34 heavy (non-hydrogen) atoms. The molecule has 3 heteroatoms. The van der Waals surface area contributed by atoms with Gasteiger partial charge in [0.2, 0.25) is 0 Å². The minimum atomic E-state index is 0.880. The fourth-order valence-electron chi connectivity index (χ4n) is 4.24. The van der Waals surface area contributed by atoms with Crippen molar-refractivity contribution in [1.82, 2.24) is 15.0 Å². The average Bonchev–Trinajstić information content (AvgIpc) is 2.93. The number of aromatic nitrogens is 3. The Hall–Kier alpha value is -4.63. The zero-order valence-corrected chi connectivity index (χ0v) is 18.5. The molecule has 0 unspecified atom stereocenters. The highest BCUT2D eigenvalue weighted by molar-refractivity contribution is 5.87. The Morgan fingerprint density at radius 3 is 1.56 bits per heavy atom. The Morgan fingerprint density at radius 2 is 0.853 bits per heavy atom. The normalized spacial score (nSPS) is 10.9. The van der Waals surface area contributed by atoms with E-state index >= 15 is 0 Å². The molecule has 0 fully saturated rings. The number of benzene rings is 4. The molecule has 0 atom stereocenters. The molecule has 0 spiro atoms. The second kappa shape index (κ2) is 8.72. The van der Waals surface area contributed by atoms with Crippen molar-refractivity contribution in [2.24, 2.45) is 0 Å². The van der Waals surface area contributed by atoms with Crippen LogP contribution < -0.4 is 0 Å². The Morgan fingerprint density at radius 1 is 0.353 bits per heavy atom.